The Hall–Kier alpha value is -2.63. The van der Waals surface area contributed by atoms with Gasteiger partial charge < -0.3 is 14.4 Å². The Morgan fingerprint density at radius 3 is 2.55 bits per heavy atom. The molecule has 0 N–H and O–H groups in total. The average Bonchev–Trinajstić information content (AvgIpc) is 2.72. The molecule has 156 valence electrons. The largest absolute Gasteiger partial charge is 0.497 e. The number of methoxy groups -OCH3 is 1. The molecule has 1 aliphatic rings. The number of benzene rings is 1. The molecule has 6 heteroatoms. The highest BCUT2D eigenvalue weighted by Gasteiger charge is 2.35. The lowest BCUT2D eigenvalue weighted by Crippen LogP contribution is -2.45. The van der Waals surface area contributed by atoms with Crippen LogP contribution in [0.2, 0.25) is 0 Å². The summed E-state index contributed by atoms with van der Waals surface area (Å²) >= 11 is 0. The molecular formula is C23H31N3O3. The molecule has 29 heavy (non-hydrogen) atoms. The van der Waals surface area contributed by atoms with Gasteiger partial charge in [0.1, 0.15) is 17.2 Å². The van der Waals surface area contributed by atoms with Gasteiger partial charge in [-0.3, -0.25) is 0 Å². The standard InChI is InChI=1S/C23H31N3O3/c1-6-16-12-14-26(22(27)29-23(2,3)4)15-19(16)21-24-13-11-20(25-21)17-7-9-18(28-5)10-8-17/h7-11,13,16,19H,6,12,14-15H2,1-5H3. The molecule has 1 saturated heterocycles. The lowest BCUT2D eigenvalue weighted by molar-refractivity contribution is 0.0150. The van der Waals surface area contributed by atoms with Crippen molar-refractivity contribution in [2.45, 2.75) is 52.1 Å². The molecule has 0 aliphatic carbocycles. The van der Waals surface area contributed by atoms with Crippen LogP contribution in [-0.4, -0.2) is 46.8 Å². The van der Waals surface area contributed by atoms with Gasteiger partial charge in [-0.25, -0.2) is 14.8 Å². The number of amides is 1. The first-order chi connectivity index (χ1) is 13.8. The van der Waals surface area contributed by atoms with Gasteiger partial charge in [0.05, 0.1) is 12.8 Å². The van der Waals surface area contributed by atoms with Gasteiger partial charge in [0.2, 0.25) is 0 Å². The van der Waals surface area contributed by atoms with E-state index < -0.39 is 5.60 Å². The quantitative estimate of drug-likeness (QED) is 0.734. The minimum absolute atomic E-state index is 0.0967. The van der Waals surface area contributed by atoms with Crippen molar-refractivity contribution in [1.82, 2.24) is 14.9 Å². The molecule has 1 aliphatic heterocycles. The molecule has 1 aromatic heterocycles. The van der Waals surface area contributed by atoms with Crippen LogP contribution in [0.4, 0.5) is 4.79 Å². The molecule has 0 bridgehead atoms. The van der Waals surface area contributed by atoms with Crippen molar-refractivity contribution in [1.29, 1.82) is 0 Å². The minimum atomic E-state index is -0.501. The van der Waals surface area contributed by atoms with Crippen LogP contribution in [0.5, 0.6) is 5.75 Å². The second kappa shape index (κ2) is 8.80. The van der Waals surface area contributed by atoms with Crippen LogP contribution in [0.1, 0.15) is 52.3 Å². The topological polar surface area (TPSA) is 64.6 Å². The van der Waals surface area contributed by atoms with Crippen LogP contribution in [0.15, 0.2) is 36.5 Å². The van der Waals surface area contributed by atoms with E-state index in [4.69, 9.17) is 14.5 Å². The Balaban J connectivity index is 1.83. The highest BCUT2D eigenvalue weighted by atomic mass is 16.6. The number of rotatable bonds is 4. The molecule has 2 aromatic rings. The van der Waals surface area contributed by atoms with Gasteiger partial charge >= 0.3 is 6.09 Å². The number of carbonyl (C=O) groups excluding carboxylic acids is 1. The molecular weight excluding hydrogens is 366 g/mol. The minimum Gasteiger partial charge on any atom is -0.497 e. The van der Waals surface area contributed by atoms with Crippen LogP contribution in [0.25, 0.3) is 11.3 Å². The molecule has 2 heterocycles. The maximum atomic E-state index is 12.6. The van der Waals surface area contributed by atoms with E-state index in [0.29, 0.717) is 19.0 Å². The maximum Gasteiger partial charge on any atom is 0.410 e. The molecule has 2 atom stereocenters. The molecule has 3 rings (SSSR count). The zero-order valence-electron chi connectivity index (χ0n) is 18.0. The second-order valence-corrected chi connectivity index (χ2v) is 8.52. The number of likely N-dealkylation sites (tertiary alicyclic amines) is 1. The third-order valence-electron chi connectivity index (χ3n) is 5.32. The molecule has 1 aromatic carbocycles. The van der Waals surface area contributed by atoms with Crippen molar-refractivity contribution in [2.75, 3.05) is 20.2 Å². The highest BCUT2D eigenvalue weighted by molar-refractivity contribution is 5.68. The number of nitrogens with zero attached hydrogens (tertiary/aromatic N) is 3. The SMILES string of the molecule is CCC1CCN(C(=O)OC(C)(C)C)CC1c1nccc(-c2ccc(OC)cc2)n1. The van der Waals surface area contributed by atoms with Gasteiger partial charge in [0, 0.05) is 30.8 Å². The zero-order chi connectivity index (χ0) is 21.0. The van der Waals surface area contributed by atoms with Gasteiger partial charge in [-0.1, -0.05) is 13.3 Å². The Bertz CT molecular complexity index is 830. The fourth-order valence-electron chi connectivity index (χ4n) is 3.75. The molecule has 0 radical (unpaired) electrons. The summed E-state index contributed by atoms with van der Waals surface area (Å²) in [4.78, 5) is 23.8. The van der Waals surface area contributed by atoms with Crippen molar-refractivity contribution in [3.05, 3.63) is 42.4 Å². The lowest BCUT2D eigenvalue weighted by Gasteiger charge is -2.38. The molecule has 6 nitrogen and oxygen atoms in total. The van der Waals surface area contributed by atoms with E-state index in [1.165, 1.54) is 0 Å². The summed E-state index contributed by atoms with van der Waals surface area (Å²) in [5, 5.41) is 0. The van der Waals surface area contributed by atoms with Gasteiger partial charge in [-0.05, 0) is 63.4 Å². The summed E-state index contributed by atoms with van der Waals surface area (Å²) in [6.45, 7) is 9.16. The van der Waals surface area contributed by atoms with Crippen molar-refractivity contribution in [3.8, 4) is 17.0 Å². The Morgan fingerprint density at radius 1 is 1.21 bits per heavy atom. The van der Waals surface area contributed by atoms with E-state index in [1.807, 2.05) is 51.1 Å². The summed E-state index contributed by atoms with van der Waals surface area (Å²) in [6.07, 6.45) is 3.50. The van der Waals surface area contributed by atoms with Crippen molar-refractivity contribution in [3.63, 3.8) is 0 Å². The second-order valence-electron chi connectivity index (χ2n) is 8.52. The fourth-order valence-corrected chi connectivity index (χ4v) is 3.75. The monoisotopic (exact) mass is 397 g/mol. The smallest absolute Gasteiger partial charge is 0.410 e. The average molecular weight is 398 g/mol. The summed E-state index contributed by atoms with van der Waals surface area (Å²) in [5.74, 6) is 2.15. The molecule has 0 saturated carbocycles. The fraction of sp³-hybridized carbons (Fsp3) is 0.522. The first kappa shape index (κ1) is 21.1. The first-order valence-electron chi connectivity index (χ1n) is 10.3. The molecule has 1 fully saturated rings. The molecule has 2 unspecified atom stereocenters. The highest BCUT2D eigenvalue weighted by Crippen LogP contribution is 2.34. The van der Waals surface area contributed by atoms with Crippen LogP contribution in [0, 0.1) is 5.92 Å². The van der Waals surface area contributed by atoms with Gasteiger partial charge in [0.15, 0.2) is 0 Å². The maximum absolute atomic E-state index is 12.6. The number of hydrogen-bond acceptors (Lipinski definition) is 5. The van der Waals surface area contributed by atoms with Crippen molar-refractivity contribution < 1.29 is 14.3 Å². The van der Waals surface area contributed by atoms with E-state index >= 15 is 0 Å². The van der Waals surface area contributed by atoms with Crippen LogP contribution in [-0.2, 0) is 4.74 Å². The third-order valence-corrected chi connectivity index (χ3v) is 5.32. The predicted molar refractivity (Wildman–Crippen MR) is 113 cm³/mol. The van der Waals surface area contributed by atoms with E-state index in [1.54, 1.807) is 18.2 Å². The van der Waals surface area contributed by atoms with Crippen molar-refractivity contribution in [2.24, 2.45) is 5.92 Å². The number of piperidine rings is 1. The summed E-state index contributed by atoms with van der Waals surface area (Å²) < 4.78 is 10.8. The zero-order valence-corrected chi connectivity index (χ0v) is 18.0. The van der Waals surface area contributed by atoms with E-state index in [2.05, 4.69) is 11.9 Å². The van der Waals surface area contributed by atoms with E-state index in [-0.39, 0.29) is 12.0 Å². The van der Waals surface area contributed by atoms with E-state index in [0.717, 1.165) is 35.7 Å². The molecule has 0 spiro atoms. The molecule has 1 amide bonds. The van der Waals surface area contributed by atoms with Crippen LogP contribution in [0.3, 0.4) is 0 Å². The van der Waals surface area contributed by atoms with Gasteiger partial charge in [-0.2, -0.15) is 0 Å². The Labute approximate surface area is 173 Å². The van der Waals surface area contributed by atoms with Gasteiger partial charge in [-0.15, -0.1) is 0 Å². The van der Waals surface area contributed by atoms with Gasteiger partial charge in [0.25, 0.3) is 0 Å². The number of aromatic nitrogens is 2. The Kier molecular flexibility index (Phi) is 6.40. The third kappa shape index (κ3) is 5.25. The van der Waals surface area contributed by atoms with Crippen LogP contribution < -0.4 is 4.74 Å². The Morgan fingerprint density at radius 2 is 1.93 bits per heavy atom. The number of carbonyl (C=O) groups is 1. The summed E-state index contributed by atoms with van der Waals surface area (Å²) in [5.41, 5.74) is 1.39. The van der Waals surface area contributed by atoms with E-state index in [9.17, 15) is 4.79 Å². The van der Waals surface area contributed by atoms with Crippen molar-refractivity contribution >= 4 is 6.09 Å². The summed E-state index contributed by atoms with van der Waals surface area (Å²) in [6, 6.07) is 9.76. The first-order valence-corrected chi connectivity index (χ1v) is 10.3. The normalized spacial score (nSPS) is 19.7. The lowest BCUT2D eigenvalue weighted by atomic mass is 9.83. The predicted octanol–water partition coefficient (Wildman–Crippen LogP) is 4.90. The number of hydrogen-bond donors (Lipinski definition) is 0. The summed E-state index contributed by atoms with van der Waals surface area (Å²) in [7, 11) is 1.65. The number of ether oxygens (including phenoxy) is 2. The van der Waals surface area contributed by atoms with Crippen LogP contribution >= 0.6 is 0 Å².